The first-order valence-electron chi connectivity index (χ1n) is 11.6. The Morgan fingerprint density at radius 3 is 2.16 bits per heavy atom. The number of esters is 1. The van der Waals surface area contributed by atoms with Gasteiger partial charge in [-0.25, -0.2) is 8.42 Å². The van der Waals surface area contributed by atoms with Crippen molar-refractivity contribution in [2.45, 2.75) is 31.7 Å². The zero-order chi connectivity index (χ0) is 26.9. The van der Waals surface area contributed by atoms with Crippen molar-refractivity contribution in [3.05, 3.63) is 65.2 Å². The molecule has 9 nitrogen and oxygen atoms in total. The second-order valence-electron chi connectivity index (χ2n) is 8.96. The molecule has 4 rings (SSSR count). The number of hydrogen-bond acceptors (Lipinski definition) is 7. The van der Waals surface area contributed by atoms with E-state index in [9.17, 15) is 18.0 Å². The molecule has 0 fully saturated rings. The maximum Gasteiger partial charge on any atom is 0.324 e. The Balaban J connectivity index is 1.45. The van der Waals surface area contributed by atoms with Crippen LogP contribution in [0.2, 0.25) is 0 Å². The molecule has 0 saturated heterocycles. The molecule has 4 aromatic rings. The van der Waals surface area contributed by atoms with Gasteiger partial charge in [-0.15, -0.1) is 11.3 Å². The van der Waals surface area contributed by atoms with Crippen molar-refractivity contribution >= 4 is 49.1 Å². The number of methoxy groups -OCH3 is 1. The van der Waals surface area contributed by atoms with E-state index in [1.807, 2.05) is 32.2 Å². The topological polar surface area (TPSA) is 119 Å². The van der Waals surface area contributed by atoms with E-state index in [0.717, 1.165) is 27.0 Å². The number of anilines is 1. The maximum atomic E-state index is 12.8. The molecular formula is C26H28N4O5S2. The Morgan fingerprint density at radius 2 is 1.62 bits per heavy atom. The molecule has 11 heteroatoms. The number of sulfonamides is 1. The van der Waals surface area contributed by atoms with E-state index in [4.69, 9.17) is 4.74 Å². The number of aromatic nitrogens is 2. The van der Waals surface area contributed by atoms with Crippen LogP contribution in [0.15, 0.2) is 59.5 Å². The summed E-state index contributed by atoms with van der Waals surface area (Å²) in [4.78, 5) is 26.3. The molecule has 0 unspecified atom stereocenters. The number of nitrogens with one attached hydrogen (secondary N) is 2. The zero-order valence-corrected chi connectivity index (χ0v) is 22.7. The minimum atomic E-state index is -3.92. The first-order chi connectivity index (χ1) is 17.5. The molecule has 0 aliphatic carbocycles. The van der Waals surface area contributed by atoms with Gasteiger partial charge >= 0.3 is 5.97 Å². The lowest BCUT2D eigenvalue weighted by molar-refractivity contribution is -0.143. The van der Waals surface area contributed by atoms with Crippen molar-refractivity contribution in [3.8, 4) is 11.1 Å². The van der Waals surface area contributed by atoms with Gasteiger partial charge in [0.1, 0.15) is 10.9 Å². The van der Waals surface area contributed by atoms with Gasteiger partial charge in [0, 0.05) is 18.1 Å². The van der Waals surface area contributed by atoms with Gasteiger partial charge < -0.3 is 10.1 Å². The van der Waals surface area contributed by atoms with Crippen LogP contribution in [0.4, 0.5) is 5.69 Å². The molecule has 37 heavy (non-hydrogen) atoms. The van der Waals surface area contributed by atoms with E-state index in [-0.39, 0.29) is 16.7 Å². The van der Waals surface area contributed by atoms with Crippen molar-refractivity contribution in [1.82, 2.24) is 14.5 Å². The van der Waals surface area contributed by atoms with E-state index in [0.29, 0.717) is 10.6 Å². The number of rotatable bonds is 8. The molecule has 2 aromatic heterocycles. The summed E-state index contributed by atoms with van der Waals surface area (Å²) in [5.41, 5.74) is 3.19. The summed E-state index contributed by atoms with van der Waals surface area (Å²) >= 11 is 1.39. The number of hydrogen-bond donors (Lipinski definition) is 2. The number of benzene rings is 2. The van der Waals surface area contributed by atoms with E-state index in [1.54, 1.807) is 42.8 Å². The van der Waals surface area contributed by atoms with Crippen LogP contribution in [0.1, 0.15) is 29.2 Å². The third-order valence-electron chi connectivity index (χ3n) is 5.96. The van der Waals surface area contributed by atoms with Gasteiger partial charge in [-0.2, -0.15) is 9.82 Å². The minimum Gasteiger partial charge on any atom is -0.468 e. The lowest BCUT2D eigenvalue weighted by Gasteiger charge is -2.19. The molecule has 1 amide bonds. The SMILES string of the molecule is COC(=O)[C@@H](NS(=O)(=O)c1ccc(-c2ccc(NC(=O)c3cc4c(C)nn(C)c4s3)cc2)cc1)C(C)C. The van der Waals surface area contributed by atoms with Crippen LogP contribution < -0.4 is 10.0 Å². The molecule has 2 heterocycles. The Kier molecular flexibility index (Phi) is 7.49. The highest BCUT2D eigenvalue weighted by Crippen LogP contribution is 2.29. The van der Waals surface area contributed by atoms with Crippen LogP contribution >= 0.6 is 11.3 Å². The van der Waals surface area contributed by atoms with Gasteiger partial charge in [0.15, 0.2) is 0 Å². The third-order valence-corrected chi connectivity index (χ3v) is 8.62. The molecular weight excluding hydrogens is 512 g/mol. The lowest BCUT2D eigenvalue weighted by atomic mass is 10.1. The second-order valence-corrected chi connectivity index (χ2v) is 11.7. The highest BCUT2D eigenvalue weighted by molar-refractivity contribution is 7.89. The lowest BCUT2D eigenvalue weighted by Crippen LogP contribution is -2.44. The maximum absolute atomic E-state index is 12.8. The standard InChI is InChI=1S/C26H28N4O5S2/c1-15(2)23(26(32)35-5)29-37(33,34)20-12-8-18(9-13-20)17-6-10-19(11-7-17)27-24(31)22-14-21-16(3)28-30(4)25(21)36-22/h6-15,23,29H,1-5H3,(H,27,31)/t23-/m0/s1. The molecule has 2 N–H and O–H groups in total. The van der Waals surface area contributed by atoms with Gasteiger partial charge in [0.05, 0.1) is 22.6 Å². The number of aryl methyl sites for hydroxylation is 2. The third kappa shape index (κ3) is 5.58. The molecule has 0 bridgehead atoms. The number of thiophene rings is 1. The predicted molar refractivity (Wildman–Crippen MR) is 144 cm³/mol. The largest absolute Gasteiger partial charge is 0.468 e. The fourth-order valence-corrected chi connectivity index (χ4v) is 6.25. The monoisotopic (exact) mass is 540 g/mol. The summed E-state index contributed by atoms with van der Waals surface area (Å²) in [5.74, 6) is -1.11. The number of fused-ring (bicyclic) bond motifs is 1. The molecule has 1 atom stereocenters. The number of carbonyl (C=O) groups excluding carboxylic acids is 2. The highest BCUT2D eigenvalue weighted by atomic mass is 32.2. The Labute approximate surface area is 219 Å². The van der Waals surface area contributed by atoms with Crippen LogP contribution in [0.3, 0.4) is 0 Å². The fraction of sp³-hybridized carbons (Fsp3) is 0.269. The van der Waals surface area contributed by atoms with Gasteiger partial charge in [-0.1, -0.05) is 38.1 Å². The normalized spacial score (nSPS) is 12.6. The van der Waals surface area contributed by atoms with Gasteiger partial charge in [-0.3, -0.25) is 14.3 Å². The second kappa shape index (κ2) is 10.4. The molecule has 0 spiro atoms. The smallest absolute Gasteiger partial charge is 0.324 e. The average molecular weight is 541 g/mol. The molecule has 0 radical (unpaired) electrons. The number of amides is 1. The van der Waals surface area contributed by atoms with Crippen molar-refractivity contribution in [2.24, 2.45) is 13.0 Å². The summed E-state index contributed by atoms with van der Waals surface area (Å²) in [5, 5.41) is 8.25. The molecule has 0 aliphatic heterocycles. The van der Waals surface area contributed by atoms with Crippen LogP contribution in [-0.2, 0) is 26.6 Å². The summed E-state index contributed by atoms with van der Waals surface area (Å²) in [6.07, 6.45) is 0. The van der Waals surface area contributed by atoms with Crippen LogP contribution in [0, 0.1) is 12.8 Å². The summed E-state index contributed by atoms with van der Waals surface area (Å²) in [6.45, 7) is 5.39. The highest BCUT2D eigenvalue weighted by Gasteiger charge is 2.29. The van der Waals surface area contributed by atoms with Crippen molar-refractivity contribution in [3.63, 3.8) is 0 Å². The van der Waals surface area contributed by atoms with Crippen LogP contribution in [0.5, 0.6) is 0 Å². The number of nitrogens with zero attached hydrogens (tertiary/aromatic N) is 2. The van der Waals surface area contributed by atoms with Crippen molar-refractivity contribution < 1.29 is 22.7 Å². The minimum absolute atomic E-state index is 0.0449. The molecule has 0 aliphatic rings. The summed E-state index contributed by atoms with van der Waals surface area (Å²) in [7, 11) is -0.840. The Morgan fingerprint density at radius 1 is 1.03 bits per heavy atom. The van der Waals surface area contributed by atoms with E-state index < -0.39 is 22.0 Å². The van der Waals surface area contributed by atoms with Gasteiger partial charge in [-0.05, 0) is 54.3 Å². The predicted octanol–water partition coefficient (Wildman–Crippen LogP) is 4.34. The van der Waals surface area contributed by atoms with E-state index in [2.05, 4.69) is 15.1 Å². The first-order valence-corrected chi connectivity index (χ1v) is 13.9. The molecule has 194 valence electrons. The van der Waals surface area contributed by atoms with E-state index >= 15 is 0 Å². The van der Waals surface area contributed by atoms with Crippen molar-refractivity contribution in [1.29, 1.82) is 0 Å². The Bertz CT molecular complexity index is 1520. The number of carbonyl (C=O) groups is 2. The quantitative estimate of drug-likeness (QED) is 0.321. The van der Waals surface area contributed by atoms with Crippen LogP contribution in [-0.4, -0.2) is 43.2 Å². The molecule has 0 saturated carbocycles. The van der Waals surface area contributed by atoms with Gasteiger partial charge in [0.25, 0.3) is 5.91 Å². The summed E-state index contributed by atoms with van der Waals surface area (Å²) < 4.78 is 34.5. The molecule has 2 aromatic carbocycles. The first kappa shape index (κ1) is 26.5. The van der Waals surface area contributed by atoms with Gasteiger partial charge in [0.2, 0.25) is 10.0 Å². The van der Waals surface area contributed by atoms with Crippen LogP contribution in [0.25, 0.3) is 21.3 Å². The average Bonchev–Trinajstić information content (AvgIpc) is 3.43. The fourth-order valence-electron chi connectivity index (χ4n) is 3.90. The number of ether oxygens (including phenoxy) is 1. The zero-order valence-electron chi connectivity index (χ0n) is 21.1. The van der Waals surface area contributed by atoms with E-state index in [1.165, 1.54) is 30.6 Å². The Hall–Kier alpha value is -3.54. The summed E-state index contributed by atoms with van der Waals surface area (Å²) in [6, 6.07) is 14.5. The van der Waals surface area contributed by atoms with Crippen molar-refractivity contribution in [2.75, 3.05) is 12.4 Å².